The second-order valence-corrected chi connectivity index (χ2v) is 4.21. The van der Waals surface area contributed by atoms with E-state index in [4.69, 9.17) is 5.26 Å². The number of hydrogen-bond acceptors (Lipinski definition) is 3. The number of carbonyl (C=O) groups excluding carboxylic acids is 1. The van der Waals surface area contributed by atoms with E-state index in [0.29, 0.717) is 17.8 Å². The number of aromatic nitrogens is 2. The van der Waals surface area contributed by atoms with Crippen LogP contribution >= 0.6 is 0 Å². The van der Waals surface area contributed by atoms with Gasteiger partial charge in [0.05, 0.1) is 18.4 Å². The molecule has 1 aromatic carbocycles. The maximum atomic E-state index is 11.6. The van der Waals surface area contributed by atoms with E-state index in [-0.39, 0.29) is 5.91 Å². The van der Waals surface area contributed by atoms with Gasteiger partial charge in [-0.15, -0.1) is 0 Å². The van der Waals surface area contributed by atoms with Crippen molar-refractivity contribution in [2.75, 3.05) is 11.9 Å². The van der Waals surface area contributed by atoms with Gasteiger partial charge in [0.1, 0.15) is 6.07 Å². The number of rotatable bonds is 1. The van der Waals surface area contributed by atoms with Crippen molar-refractivity contribution in [2.24, 2.45) is 0 Å². The minimum Gasteiger partial charge on any atom is -0.343 e. The molecule has 0 radical (unpaired) electrons. The third kappa shape index (κ3) is 1.39. The summed E-state index contributed by atoms with van der Waals surface area (Å²) in [7, 11) is 1.77. The van der Waals surface area contributed by atoms with Gasteiger partial charge < -0.3 is 9.88 Å². The van der Waals surface area contributed by atoms with Crippen molar-refractivity contribution < 1.29 is 4.79 Å². The van der Waals surface area contributed by atoms with Crippen LogP contribution in [0.2, 0.25) is 0 Å². The molecular weight excluding hydrogens is 228 g/mol. The number of fused-ring (bicyclic) bond motifs is 1. The van der Waals surface area contributed by atoms with Crippen molar-refractivity contribution in [1.29, 1.82) is 5.26 Å². The molecule has 88 valence electrons. The Labute approximate surface area is 104 Å². The number of aromatic amines is 1. The van der Waals surface area contributed by atoms with Gasteiger partial charge in [0.15, 0.2) is 5.69 Å². The topological polar surface area (TPSA) is 72.8 Å². The lowest BCUT2D eigenvalue weighted by atomic mass is 10.0. The fraction of sp³-hybridized carbons (Fsp3) is 0.154. The molecule has 0 saturated heterocycles. The van der Waals surface area contributed by atoms with Crippen LogP contribution < -0.4 is 4.90 Å². The lowest BCUT2D eigenvalue weighted by Crippen LogP contribution is -2.20. The van der Waals surface area contributed by atoms with E-state index >= 15 is 0 Å². The molecule has 0 aliphatic carbocycles. The highest BCUT2D eigenvalue weighted by atomic mass is 16.2. The summed E-state index contributed by atoms with van der Waals surface area (Å²) in [6.45, 7) is 0. The number of H-pyrrole nitrogens is 1. The molecule has 0 atom stereocenters. The van der Waals surface area contributed by atoms with Crippen LogP contribution in [0.1, 0.15) is 11.3 Å². The number of nitrogens with zero attached hydrogens (tertiary/aromatic N) is 3. The summed E-state index contributed by atoms with van der Waals surface area (Å²) in [5, 5.41) is 8.95. The lowest BCUT2D eigenvalue weighted by Gasteiger charge is -2.10. The highest BCUT2D eigenvalue weighted by Crippen LogP contribution is 2.32. The van der Waals surface area contributed by atoms with E-state index < -0.39 is 0 Å². The quantitative estimate of drug-likeness (QED) is 0.817. The number of imidazole rings is 1. The number of amides is 1. The molecular formula is C13H10N4O. The maximum absolute atomic E-state index is 11.6. The SMILES string of the molecule is CN1C(=O)Cc2cc(-c3[nH]cnc3C#N)ccc21. The average Bonchev–Trinajstić information content (AvgIpc) is 2.95. The highest BCUT2D eigenvalue weighted by Gasteiger charge is 2.24. The molecule has 1 amide bonds. The molecule has 1 aromatic heterocycles. The van der Waals surface area contributed by atoms with E-state index in [1.165, 1.54) is 6.33 Å². The Morgan fingerprint density at radius 2 is 2.33 bits per heavy atom. The van der Waals surface area contributed by atoms with Crippen LogP contribution in [0, 0.1) is 11.3 Å². The largest absolute Gasteiger partial charge is 0.343 e. The van der Waals surface area contributed by atoms with Crippen LogP contribution in [0.25, 0.3) is 11.3 Å². The molecule has 1 aliphatic rings. The van der Waals surface area contributed by atoms with Crippen molar-refractivity contribution in [2.45, 2.75) is 6.42 Å². The van der Waals surface area contributed by atoms with Crippen molar-refractivity contribution in [3.05, 3.63) is 35.8 Å². The third-order valence-corrected chi connectivity index (χ3v) is 3.19. The number of carbonyl (C=O) groups is 1. The Balaban J connectivity index is 2.10. The number of anilines is 1. The normalized spacial score (nSPS) is 13.6. The summed E-state index contributed by atoms with van der Waals surface area (Å²) >= 11 is 0. The summed E-state index contributed by atoms with van der Waals surface area (Å²) in [5.41, 5.74) is 3.86. The Kier molecular flexibility index (Phi) is 2.17. The van der Waals surface area contributed by atoms with Crippen molar-refractivity contribution in [3.8, 4) is 17.3 Å². The first-order chi connectivity index (χ1) is 8.70. The standard InChI is InChI=1S/C13H10N4O/c1-17-11-3-2-8(4-9(11)5-12(17)18)13-10(6-14)15-7-16-13/h2-4,7H,5H2,1H3,(H,15,16). The van der Waals surface area contributed by atoms with Crippen molar-refractivity contribution >= 4 is 11.6 Å². The molecule has 0 fully saturated rings. The molecule has 2 heterocycles. The van der Waals surface area contributed by atoms with Gasteiger partial charge in [-0.3, -0.25) is 4.79 Å². The van der Waals surface area contributed by atoms with Gasteiger partial charge in [-0.2, -0.15) is 5.26 Å². The maximum Gasteiger partial charge on any atom is 0.231 e. The number of nitrogens with one attached hydrogen (secondary N) is 1. The first kappa shape index (κ1) is 10.5. The summed E-state index contributed by atoms with van der Waals surface area (Å²) in [6.07, 6.45) is 1.91. The minimum absolute atomic E-state index is 0.0901. The zero-order valence-corrected chi connectivity index (χ0v) is 9.77. The van der Waals surface area contributed by atoms with Crippen LogP contribution in [0.15, 0.2) is 24.5 Å². The van der Waals surface area contributed by atoms with Crippen molar-refractivity contribution in [1.82, 2.24) is 9.97 Å². The first-order valence-electron chi connectivity index (χ1n) is 5.54. The first-order valence-corrected chi connectivity index (χ1v) is 5.54. The molecule has 1 aliphatic heterocycles. The predicted octanol–water partition coefficient (Wildman–Crippen LogP) is 1.47. The van der Waals surface area contributed by atoms with Gasteiger partial charge in [0.25, 0.3) is 0 Å². The second kappa shape index (κ2) is 3.70. The van der Waals surface area contributed by atoms with E-state index in [1.807, 2.05) is 24.3 Å². The average molecular weight is 238 g/mol. The third-order valence-electron chi connectivity index (χ3n) is 3.19. The molecule has 0 spiro atoms. The number of hydrogen-bond donors (Lipinski definition) is 1. The molecule has 2 aromatic rings. The van der Waals surface area contributed by atoms with Gasteiger partial charge >= 0.3 is 0 Å². The second-order valence-electron chi connectivity index (χ2n) is 4.21. The zero-order valence-electron chi connectivity index (χ0n) is 9.77. The van der Waals surface area contributed by atoms with Crippen LogP contribution in [-0.4, -0.2) is 22.9 Å². The molecule has 18 heavy (non-hydrogen) atoms. The zero-order chi connectivity index (χ0) is 12.7. The molecule has 3 rings (SSSR count). The monoisotopic (exact) mass is 238 g/mol. The highest BCUT2D eigenvalue weighted by molar-refractivity contribution is 6.01. The van der Waals surface area contributed by atoms with Gasteiger partial charge in [0, 0.05) is 18.3 Å². The lowest BCUT2D eigenvalue weighted by molar-refractivity contribution is -0.117. The van der Waals surface area contributed by atoms with E-state index in [1.54, 1.807) is 11.9 Å². The van der Waals surface area contributed by atoms with E-state index in [0.717, 1.165) is 16.8 Å². The fourth-order valence-electron chi connectivity index (χ4n) is 2.22. The smallest absolute Gasteiger partial charge is 0.231 e. The molecule has 5 nitrogen and oxygen atoms in total. The van der Waals surface area contributed by atoms with E-state index in [2.05, 4.69) is 9.97 Å². The van der Waals surface area contributed by atoms with Crippen LogP contribution in [-0.2, 0) is 11.2 Å². The van der Waals surface area contributed by atoms with Crippen LogP contribution in [0.4, 0.5) is 5.69 Å². The number of benzene rings is 1. The van der Waals surface area contributed by atoms with E-state index in [9.17, 15) is 4.79 Å². The van der Waals surface area contributed by atoms with Crippen molar-refractivity contribution in [3.63, 3.8) is 0 Å². The number of likely N-dealkylation sites (N-methyl/N-ethyl adjacent to an activating group) is 1. The van der Waals surface area contributed by atoms with Crippen LogP contribution in [0.5, 0.6) is 0 Å². The van der Waals surface area contributed by atoms with Gasteiger partial charge in [-0.1, -0.05) is 6.07 Å². The van der Waals surface area contributed by atoms with Gasteiger partial charge in [-0.25, -0.2) is 4.98 Å². The van der Waals surface area contributed by atoms with Gasteiger partial charge in [0.2, 0.25) is 5.91 Å². The Morgan fingerprint density at radius 3 is 3.11 bits per heavy atom. The molecule has 1 N–H and O–H groups in total. The molecule has 0 unspecified atom stereocenters. The molecule has 5 heteroatoms. The summed E-state index contributed by atoms with van der Waals surface area (Å²) in [4.78, 5) is 20.2. The van der Waals surface area contributed by atoms with Crippen LogP contribution in [0.3, 0.4) is 0 Å². The van der Waals surface area contributed by atoms with Gasteiger partial charge in [-0.05, 0) is 17.7 Å². The minimum atomic E-state index is 0.0901. The predicted molar refractivity (Wildman–Crippen MR) is 65.9 cm³/mol. The Hall–Kier alpha value is -2.61. The Morgan fingerprint density at radius 1 is 1.50 bits per heavy atom. The fourth-order valence-corrected chi connectivity index (χ4v) is 2.22. The Bertz CT molecular complexity index is 681. The summed E-state index contributed by atoms with van der Waals surface area (Å²) in [6, 6.07) is 7.77. The number of nitriles is 1. The summed E-state index contributed by atoms with van der Waals surface area (Å²) in [5.74, 6) is 0.0901. The molecule has 0 bridgehead atoms. The summed E-state index contributed by atoms with van der Waals surface area (Å²) < 4.78 is 0. The molecule has 0 saturated carbocycles.